The number of benzene rings is 1. The summed E-state index contributed by atoms with van der Waals surface area (Å²) in [6, 6.07) is 15.8. The summed E-state index contributed by atoms with van der Waals surface area (Å²) < 4.78 is 5.25. The summed E-state index contributed by atoms with van der Waals surface area (Å²) in [4.78, 5) is 21.5. The number of hydrogen-bond donors (Lipinski definition) is 1. The monoisotopic (exact) mass is 376 g/mol. The van der Waals surface area contributed by atoms with Gasteiger partial charge < -0.3 is 19.5 Å². The fourth-order valence-electron chi connectivity index (χ4n) is 3.43. The van der Waals surface area contributed by atoms with Crippen molar-refractivity contribution in [2.75, 3.05) is 36.0 Å². The summed E-state index contributed by atoms with van der Waals surface area (Å²) >= 11 is 0. The molecule has 0 spiro atoms. The number of amides is 1. The third-order valence-corrected chi connectivity index (χ3v) is 4.98. The quantitative estimate of drug-likeness (QED) is 0.741. The van der Waals surface area contributed by atoms with Gasteiger partial charge in [0.05, 0.1) is 12.8 Å². The highest BCUT2D eigenvalue weighted by molar-refractivity contribution is 5.94. The van der Waals surface area contributed by atoms with Crippen molar-refractivity contribution < 1.29 is 9.21 Å². The van der Waals surface area contributed by atoms with Crippen molar-refractivity contribution in [3.63, 3.8) is 0 Å². The van der Waals surface area contributed by atoms with E-state index in [9.17, 15) is 4.79 Å². The molecule has 144 valence electrons. The average Bonchev–Trinajstić information content (AvgIpc) is 3.26. The maximum absolute atomic E-state index is 12.4. The number of carbonyl (C=O) groups is 1. The molecule has 28 heavy (non-hydrogen) atoms. The lowest BCUT2D eigenvalue weighted by atomic mass is 10.2. The molecular weight excluding hydrogens is 352 g/mol. The molecule has 6 heteroatoms. The number of aromatic nitrogens is 1. The zero-order valence-electron chi connectivity index (χ0n) is 16.0. The third-order valence-electron chi connectivity index (χ3n) is 4.98. The van der Waals surface area contributed by atoms with Gasteiger partial charge in [0.25, 0.3) is 5.91 Å². The van der Waals surface area contributed by atoms with Crippen molar-refractivity contribution in [2.45, 2.75) is 13.5 Å². The molecule has 0 unspecified atom stereocenters. The molecule has 4 rings (SSSR count). The topological polar surface area (TPSA) is 61.6 Å². The molecule has 1 fully saturated rings. The highest BCUT2D eigenvalue weighted by Gasteiger charge is 2.19. The van der Waals surface area contributed by atoms with Crippen LogP contribution in [0.4, 0.5) is 11.5 Å². The Morgan fingerprint density at radius 3 is 2.64 bits per heavy atom. The Morgan fingerprint density at radius 1 is 1.07 bits per heavy atom. The van der Waals surface area contributed by atoms with Crippen molar-refractivity contribution in [1.82, 2.24) is 10.3 Å². The molecule has 6 nitrogen and oxygen atoms in total. The van der Waals surface area contributed by atoms with Crippen LogP contribution in [0.15, 0.2) is 65.4 Å². The minimum atomic E-state index is -0.126. The molecule has 3 aromatic rings. The van der Waals surface area contributed by atoms with E-state index in [-0.39, 0.29) is 5.91 Å². The number of pyridine rings is 1. The first-order valence-corrected chi connectivity index (χ1v) is 9.52. The molecule has 1 saturated heterocycles. The van der Waals surface area contributed by atoms with Crippen LogP contribution >= 0.6 is 0 Å². The maximum Gasteiger partial charge on any atom is 0.251 e. The molecule has 1 aliphatic rings. The summed E-state index contributed by atoms with van der Waals surface area (Å²) in [5, 5.41) is 2.88. The second kappa shape index (κ2) is 8.17. The Balaban J connectivity index is 1.37. The van der Waals surface area contributed by atoms with Crippen LogP contribution in [0.1, 0.15) is 21.7 Å². The van der Waals surface area contributed by atoms with Gasteiger partial charge in [-0.1, -0.05) is 12.1 Å². The van der Waals surface area contributed by atoms with E-state index >= 15 is 0 Å². The number of furan rings is 1. The third kappa shape index (κ3) is 4.17. The van der Waals surface area contributed by atoms with Gasteiger partial charge in [0, 0.05) is 43.6 Å². The van der Waals surface area contributed by atoms with Crippen molar-refractivity contribution in [3.05, 3.63) is 77.9 Å². The fraction of sp³-hybridized carbons (Fsp3) is 0.273. The zero-order chi connectivity index (χ0) is 19.3. The van der Waals surface area contributed by atoms with E-state index in [4.69, 9.17) is 4.42 Å². The summed E-state index contributed by atoms with van der Waals surface area (Å²) in [6.07, 6.45) is 3.30. The number of anilines is 2. The normalized spacial score (nSPS) is 14.2. The first kappa shape index (κ1) is 18.1. The Kier molecular flexibility index (Phi) is 5.28. The molecule has 0 saturated carbocycles. The van der Waals surface area contributed by atoms with Crippen LogP contribution in [-0.2, 0) is 6.54 Å². The van der Waals surface area contributed by atoms with Gasteiger partial charge in [0.15, 0.2) is 0 Å². The lowest BCUT2D eigenvalue weighted by molar-refractivity contribution is 0.0948. The Labute approximate surface area is 164 Å². The zero-order valence-corrected chi connectivity index (χ0v) is 16.0. The van der Waals surface area contributed by atoms with Crippen molar-refractivity contribution in [1.29, 1.82) is 0 Å². The maximum atomic E-state index is 12.4. The minimum absolute atomic E-state index is 0.126. The molecule has 2 aromatic heterocycles. The summed E-state index contributed by atoms with van der Waals surface area (Å²) in [5.74, 6) is 1.45. The second-order valence-electron chi connectivity index (χ2n) is 6.98. The van der Waals surface area contributed by atoms with Gasteiger partial charge in [-0.25, -0.2) is 4.98 Å². The first-order valence-electron chi connectivity index (χ1n) is 9.52. The van der Waals surface area contributed by atoms with Gasteiger partial charge >= 0.3 is 0 Å². The predicted octanol–water partition coefficient (Wildman–Crippen LogP) is 3.24. The van der Waals surface area contributed by atoms with Crippen LogP contribution in [0.25, 0.3) is 0 Å². The second-order valence-corrected chi connectivity index (χ2v) is 6.98. The Morgan fingerprint density at radius 2 is 1.89 bits per heavy atom. The van der Waals surface area contributed by atoms with Crippen LogP contribution in [0.5, 0.6) is 0 Å². The van der Waals surface area contributed by atoms with Crippen molar-refractivity contribution >= 4 is 17.4 Å². The molecule has 1 N–H and O–H groups in total. The van der Waals surface area contributed by atoms with E-state index in [0.29, 0.717) is 12.1 Å². The van der Waals surface area contributed by atoms with E-state index in [1.807, 2.05) is 18.2 Å². The smallest absolute Gasteiger partial charge is 0.251 e. The van der Waals surface area contributed by atoms with Gasteiger partial charge in [-0.15, -0.1) is 0 Å². The Hall–Kier alpha value is -3.28. The lowest BCUT2D eigenvalue weighted by Crippen LogP contribution is -2.46. The molecule has 0 radical (unpaired) electrons. The number of nitrogens with zero attached hydrogens (tertiary/aromatic N) is 3. The summed E-state index contributed by atoms with van der Waals surface area (Å²) in [5.41, 5.74) is 3.14. The SMILES string of the molecule is Cc1cccc(N2CCN(c3cc(C(=O)NCc4ccco4)ccn3)CC2)c1. The lowest BCUT2D eigenvalue weighted by Gasteiger charge is -2.37. The summed E-state index contributed by atoms with van der Waals surface area (Å²) in [7, 11) is 0. The number of hydrogen-bond acceptors (Lipinski definition) is 5. The highest BCUT2D eigenvalue weighted by Crippen LogP contribution is 2.20. The number of aryl methyl sites for hydroxylation is 1. The Bertz CT molecular complexity index is 931. The largest absolute Gasteiger partial charge is 0.467 e. The van der Waals surface area contributed by atoms with Gasteiger partial charge in [0.2, 0.25) is 0 Å². The standard InChI is InChI=1S/C22H24N4O2/c1-17-4-2-5-19(14-17)25-9-11-26(12-10-25)21-15-18(7-8-23-21)22(27)24-16-20-6-3-13-28-20/h2-8,13-15H,9-12,16H2,1H3,(H,24,27). The van der Waals surface area contributed by atoms with Crippen LogP contribution in [-0.4, -0.2) is 37.1 Å². The average molecular weight is 376 g/mol. The first-order chi connectivity index (χ1) is 13.7. The summed E-state index contributed by atoms with van der Waals surface area (Å²) in [6.45, 7) is 6.10. The van der Waals surface area contributed by atoms with Gasteiger partial charge in [-0.05, 0) is 48.9 Å². The van der Waals surface area contributed by atoms with Crippen LogP contribution in [0.3, 0.4) is 0 Å². The number of rotatable bonds is 5. The molecule has 1 aromatic carbocycles. The molecule has 1 amide bonds. The van der Waals surface area contributed by atoms with Crippen LogP contribution in [0.2, 0.25) is 0 Å². The predicted molar refractivity (Wildman–Crippen MR) is 110 cm³/mol. The van der Waals surface area contributed by atoms with Crippen LogP contribution in [0, 0.1) is 6.92 Å². The number of carbonyl (C=O) groups excluding carboxylic acids is 1. The van der Waals surface area contributed by atoms with E-state index < -0.39 is 0 Å². The molecular formula is C22H24N4O2. The van der Waals surface area contributed by atoms with E-state index in [1.165, 1.54) is 11.3 Å². The van der Waals surface area contributed by atoms with Crippen molar-refractivity contribution in [2.24, 2.45) is 0 Å². The minimum Gasteiger partial charge on any atom is -0.467 e. The molecule has 0 aliphatic carbocycles. The number of nitrogens with one attached hydrogen (secondary N) is 1. The van der Waals surface area contributed by atoms with Crippen molar-refractivity contribution in [3.8, 4) is 0 Å². The van der Waals surface area contributed by atoms with Gasteiger partial charge in [-0.3, -0.25) is 4.79 Å². The van der Waals surface area contributed by atoms with E-state index in [0.717, 1.165) is 37.8 Å². The van der Waals surface area contributed by atoms with Crippen LogP contribution < -0.4 is 15.1 Å². The fourth-order valence-corrected chi connectivity index (χ4v) is 3.43. The molecule has 3 heterocycles. The van der Waals surface area contributed by atoms with Gasteiger partial charge in [0.1, 0.15) is 11.6 Å². The highest BCUT2D eigenvalue weighted by atomic mass is 16.3. The number of piperazine rings is 1. The molecule has 0 atom stereocenters. The molecule has 1 aliphatic heterocycles. The van der Waals surface area contributed by atoms with Gasteiger partial charge in [-0.2, -0.15) is 0 Å². The van der Waals surface area contributed by atoms with E-state index in [2.05, 4.69) is 51.3 Å². The van der Waals surface area contributed by atoms with E-state index in [1.54, 1.807) is 18.5 Å². The molecule has 0 bridgehead atoms.